The van der Waals surface area contributed by atoms with Gasteiger partial charge in [-0.15, -0.1) is 0 Å². The van der Waals surface area contributed by atoms with Crippen molar-refractivity contribution >= 4 is 17.1 Å². The summed E-state index contributed by atoms with van der Waals surface area (Å²) in [6, 6.07) is 13.4. The second-order valence-corrected chi connectivity index (χ2v) is 9.30. The van der Waals surface area contributed by atoms with Gasteiger partial charge in [-0.25, -0.2) is 13.3 Å². The standard InChI is InChI=1S/C27H26F2N6O2/c1-27(2,37)25(29)16-34(23-7-9-32-15-21(23)26(31)36)10-8-17-3-5-22(28)20(12-17)24-6-4-19-11-18(13-30)14-33-35(19)24/h3-7,9,11-12,14-15,25,37H,8,10,16H2,1-2H3,(H2,31,36)/t25-/m1/s1. The lowest BCUT2D eigenvalue weighted by Crippen LogP contribution is -2.43. The first-order valence-corrected chi connectivity index (χ1v) is 11.6. The van der Waals surface area contributed by atoms with Crippen LogP contribution in [0.2, 0.25) is 0 Å². The van der Waals surface area contributed by atoms with Crippen molar-refractivity contribution in [2.75, 3.05) is 18.0 Å². The molecule has 0 radical (unpaired) electrons. The van der Waals surface area contributed by atoms with E-state index in [2.05, 4.69) is 10.1 Å². The van der Waals surface area contributed by atoms with Gasteiger partial charge in [-0.3, -0.25) is 9.78 Å². The van der Waals surface area contributed by atoms with E-state index in [0.29, 0.717) is 34.4 Å². The number of carbonyl (C=O) groups excluding carboxylic acids is 1. The fourth-order valence-electron chi connectivity index (χ4n) is 4.03. The normalized spacial score (nSPS) is 12.3. The summed E-state index contributed by atoms with van der Waals surface area (Å²) in [5.74, 6) is -1.15. The predicted octanol–water partition coefficient (Wildman–Crippen LogP) is 3.66. The highest BCUT2D eigenvalue weighted by molar-refractivity contribution is 5.98. The number of carbonyl (C=O) groups is 1. The lowest BCUT2D eigenvalue weighted by Gasteiger charge is -2.32. The number of nitrogens with zero attached hydrogens (tertiary/aromatic N) is 5. The molecule has 4 aromatic rings. The Bertz CT molecular complexity index is 1490. The number of hydrogen-bond donors (Lipinski definition) is 2. The molecule has 3 heterocycles. The Hall–Kier alpha value is -4.36. The molecule has 0 aliphatic heterocycles. The molecule has 1 atom stereocenters. The van der Waals surface area contributed by atoms with Gasteiger partial charge in [0, 0.05) is 24.5 Å². The summed E-state index contributed by atoms with van der Waals surface area (Å²) in [5, 5.41) is 23.5. The van der Waals surface area contributed by atoms with Gasteiger partial charge in [0.25, 0.3) is 5.91 Å². The molecule has 8 nitrogen and oxygen atoms in total. The van der Waals surface area contributed by atoms with Gasteiger partial charge in [0.2, 0.25) is 0 Å². The molecule has 0 bridgehead atoms. The lowest BCUT2D eigenvalue weighted by molar-refractivity contribution is 0.000586. The van der Waals surface area contributed by atoms with Gasteiger partial charge < -0.3 is 15.7 Å². The Balaban J connectivity index is 1.65. The van der Waals surface area contributed by atoms with E-state index >= 15 is 0 Å². The van der Waals surface area contributed by atoms with Gasteiger partial charge in [-0.2, -0.15) is 10.4 Å². The van der Waals surface area contributed by atoms with E-state index in [1.807, 2.05) is 6.07 Å². The van der Waals surface area contributed by atoms with Gasteiger partial charge in [0.05, 0.1) is 46.4 Å². The molecular formula is C27H26F2N6O2. The van der Waals surface area contributed by atoms with Crippen molar-refractivity contribution in [3.63, 3.8) is 0 Å². The Morgan fingerprint density at radius 1 is 1.24 bits per heavy atom. The van der Waals surface area contributed by atoms with Crippen molar-refractivity contribution in [2.45, 2.75) is 32.0 Å². The Morgan fingerprint density at radius 2 is 2.03 bits per heavy atom. The highest BCUT2D eigenvalue weighted by atomic mass is 19.1. The third-order valence-electron chi connectivity index (χ3n) is 6.16. The number of primary amides is 1. The van der Waals surface area contributed by atoms with E-state index in [1.165, 1.54) is 38.5 Å². The van der Waals surface area contributed by atoms with Crippen molar-refractivity contribution in [3.05, 3.63) is 83.6 Å². The van der Waals surface area contributed by atoms with Crippen LogP contribution in [0.5, 0.6) is 0 Å². The van der Waals surface area contributed by atoms with E-state index in [-0.39, 0.29) is 18.7 Å². The third kappa shape index (κ3) is 5.57. The summed E-state index contributed by atoms with van der Waals surface area (Å²) >= 11 is 0. The fraction of sp³-hybridized carbons (Fsp3) is 0.259. The molecular weight excluding hydrogens is 478 g/mol. The van der Waals surface area contributed by atoms with Crippen molar-refractivity contribution < 1.29 is 18.7 Å². The molecule has 0 unspecified atom stereocenters. The summed E-state index contributed by atoms with van der Waals surface area (Å²) in [5.41, 5.74) is 7.10. The van der Waals surface area contributed by atoms with Gasteiger partial charge in [0.15, 0.2) is 0 Å². The second-order valence-electron chi connectivity index (χ2n) is 9.30. The van der Waals surface area contributed by atoms with E-state index in [4.69, 9.17) is 11.0 Å². The minimum Gasteiger partial charge on any atom is -0.387 e. The SMILES string of the molecule is CC(C)(O)[C@H](F)CN(CCc1ccc(F)c(-c2ccc3cc(C#N)cnn23)c1)c1ccncc1C(N)=O. The van der Waals surface area contributed by atoms with Crippen LogP contribution in [0.25, 0.3) is 16.8 Å². The van der Waals surface area contributed by atoms with Crippen LogP contribution in [0, 0.1) is 17.1 Å². The monoisotopic (exact) mass is 504 g/mol. The molecule has 0 spiro atoms. The lowest BCUT2D eigenvalue weighted by atomic mass is 10.0. The molecule has 190 valence electrons. The van der Waals surface area contributed by atoms with Crippen LogP contribution < -0.4 is 10.6 Å². The molecule has 1 amide bonds. The highest BCUT2D eigenvalue weighted by Gasteiger charge is 2.29. The number of benzene rings is 1. The zero-order valence-corrected chi connectivity index (χ0v) is 20.4. The van der Waals surface area contributed by atoms with Gasteiger partial charge >= 0.3 is 0 Å². The number of nitrogens with two attached hydrogens (primary N) is 1. The van der Waals surface area contributed by atoms with Crippen molar-refractivity contribution in [1.29, 1.82) is 5.26 Å². The molecule has 4 rings (SSSR count). The average Bonchev–Trinajstić information content (AvgIpc) is 3.29. The molecule has 10 heteroatoms. The highest BCUT2D eigenvalue weighted by Crippen LogP contribution is 2.28. The van der Waals surface area contributed by atoms with E-state index in [1.54, 1.807) is 45.8 Å². The van der Waals surface area contributed by atoms with Crippen molar-refractivity contribution in [2.24, 2.45) is 5.73 Å². The first-order valence-electron chi connectivity index (χ1n) is 11.6. The number of fused-ring (bicyclic) bond motifs is 1. The van der Waals surface area contributed by atoms with Crippen LogP contribution in [-0.4, -0.2) is 50.5 Å². The third-order valence-corrected chi connectivity index (χ3v) is 6.16. The number of alkyl halides is 1. The number of aromatic nitrogens is 3. The van der Waals surface area contributed by atoms with Crippen LogP contribution in [0.1, 0.15) is 35.3 Å². The Morgan fingerprint density at radius 3 is 2.73 bits per heavy atom. The van der Waals surface area contributed by atoms with Crippen molar-refractivity contribution in [3.8, 4) is 17.3 Å². The molecule has 1 aromatic carbocycles. The van der Waals surface area contributed by atoms with Crippen molar-refractivity contribution in [1.82, 2.24) is 14.6 Å². The maximum Gasteiger partial charge on any atom is 0.252 e. The van der Waals surface area contributed by atoms with E-state index in [9.17, 15) is 18.7 Å². The molecule has 0 saturated heterocycles. The van der Waals surface area contributed by atoms with Crippen LogP contribution >= 0.6 is 0 Å². The van der Waals surface area contributed by atoms with Gasteiger partial charge in [0.1, 0.15) is 18.1 Å². The van der Waals surface area contributed by atoms with Gasteiger partial charge in [-0.1, -0.05) is 6.07 Å². The first-order chi connectivity index (χ1) is 17.6. The summed E-state index contributed by atoms with van der Waals surface area (Å²) in [6.07, 6.45) is 2.96. The number of halogens is 2. The number of aliphatic hydroxyl groups is 1. The predicted molar refractivity (Wildman–Crippen MR) is 135 cm³/mol. The minimum absolute atomic E-state index is 0.132. The number of anilines is 1. The van der Waals surface area contributed by atoms with Crippen LogP contribution in [0.3, 0.4) is 0 Å². The Kier molecular flexibility index (Phi) is 7.18. The molecule has 0 fully saturated rings. The van der Waals surface area contributed by atoms with E-state index < -0.39 is 23.5 Å². The Labute approximate surface area is 212 Å². The minimum atomic E-state index is -1.62. The summed E-state index contributed by atoms with van der Waals surface area (Å²) in [7, 11) is 0. The molecule has 37 heavy (non-hydrogen) atoms. The van der Waals surface area contributed by atoms with Crippen LogP contribution in [-0.2, 0) is 6.42 Å². The fourth-order valence-corrected chi connectivity index (χ4v) is 4.03. The topological polar surface area (TPSA) is 121 Å². The number of hydrogen-bond acceptors (Lipinski definition) is 6. The largest absolute Gasteiger partial charge is 0.387 e. The van der Waals surface area contributed by atoms with Crippen LogP contribution in [0.4, 0.5) is 14.5 Å². The number of amides is 1. The second kappa shape index (κ2) is 10.3. The van der Waals surface area contributed by atoms with E-state index in [0.717, 1.165) is 5.56 Å². The molecule has 0 saturated carbocycles. The van der Waals surface area contributed by atoms with Crippen LogP contribution in [0.15, 0.2) is 61.1 Å². The summed E-state index contributed by atoms with van der Waals surface area (Å²) in [4.78, 5) is 17.6. The summed E-state index contributed by atoms with van der Waals surface area (Å²) < 4.78 is 31.3. The quantitative estimate of drug-likeness (QED) is 0.359. The zero-order valence-electron chi connectivity index (χ0n) is 20.4. The maximum absolute atomic E-state index is 14.9. The number of pyridine rings is 1. The summed E-state index contributed by atoms with van der Waals surface area (Å²) in [6.45, 7) is 2.80. The maximum atomic E-state index is 14.9. The molecule has 0 aliphatic carbocycles. The zero-order chi connectivity index (χ0) is 26.7. The molecule has 3 aromatic heterocycles. The van der Waals surface area contributed by atoms with Gasteiger partial charge in [-0.05, 0) is 62.2 Å². The first kappa shape index (κ1) is 25.7. The number of nitriles is 1. The average molecular weight is 505 g/mol. The molecule has 3 N–H and O–H groups in total. The molecule has 0 aliphatic rings. The smallest absolute Gasteiger partial charge is 0.252 e. The number of rotatable bonds is 9.